The zero-order valence-corrected chi connectivity index (χ0v) is 14.9. The van der Waals surface area contributed by atoms with Gasteiger partial charge in [-0.05, 0) is 50.8 Å². The van der Waals surface area contributed by atoms with Gasteiger partial charge < -0.3 is 19.9 Å². The molecule has 2 rings (SSSR count). The third-order valence-electron chi connectivity index (χ3n) is 4.38. The number of nitrogens with one attached hydrogen (secondary N) is 1. The summed E-state index contributed by atoms with van der Waals surface area (Å²) in [7, 11) is 0. The van der Waals surface area contributed by atoms with E-state index >= 15 is 0 Å². The summed E-state index contributed by atoms with van der Waals surface area (Å²) in [6.45, 7) is 5.07. The zero-order valence-electron chi connectivity index (χ0n) is 14.9. The van der Waals surface area contributed by atoms with Crippen LogP contribution in [0.1, 0.15) is 56.3 Å². The lowest BCUT2D eigenvalue weighted by atomic mass is 10.1. The molecule has 2 atom stereocenters. The van der Waals surface area contributed by atoms with Crippen molar-refractivity contribution in [2.45, 2.75) is 52.0 Å². The number of aliphatic carboxylic acids is 1. The monoisotopic (exact) mass is 349 g/mol. The van der Waals surface area contributed by atoms with Crippen molar-refractivity contribution in [3.8, 4) is 11.5 Å². The Hall–Kier alpha value is -2.24. The van der Waals surface area contributed by atoms with Crippen molar-refractivity contribution in [3.63, 3.8) is 0 Å². The van der Waals surface area contributed by atoms with E-state index in [1.54, 1.807) is 18.2 Å². The van der Waals surface area contributed by atoms with Gasteiger partial charge in [-0.2, -0.15) is 0 Å². The van der Waals surface area contributed by atoms with Gasteiger partial charge in [0.25, 0.3) is 5.91 Å². The summed E-state index contributed by atoms with van der Waals surface area (Å²) in [6.07, 6.45) is 3.79. The first-order valence-corrected chi connectivity index (χ1v) is 8.98. The third kappa shape index (κ3) is 5.37. The standard InChI is InChI=1S/C19H27NO5/c1-3-5-10-25-16-9-7-13(12-17(16)24-4-2)18(21)20-15-8-6-14(11-15)19(22)23/h7,9,12,14-15H,3-6,8,10-11H2,1-2H3,(H,20,21)(H,22,23)/t14-,15+/m1/s1. The minimum Gasteiger partial charge on any atom is -0.490 e. The molecule has 6 heteroatoms. The van der Waals surface area contributed by atoms with Crippen molar-refractivity contribution in [2.75, 3.05) is 13.2 Å². The van der Waals surface area contributed by atoms with Crippen LogP contribution in [0.3, 0.4) is 0 Å². The molecule has 0 aliphatic heterocycles. The van der Waals surface area contributed by atoms with Gasteiger partial charge >= 0.3 is 5.97 Å². The molecule has 25 heavy (non-hydrogen) atoms. The van der Waals surface area contributed by atoms with E-state index in [2.05, 4.69) is 12.2 Å². The SMILES string of the molecule is CCCCOc1ccc(C(=O)N[C@H]2CC[C@@H](C(=O)O)C2)cc1OCC. The predicted octanol–water partition coefficient (Wildman–Crippen LogP) is 3.25. The number of benzene rings is 1. The van der Waals surface area contributed by atoms with E-state index in [9.17, 15) is 9.59 Å². The highest BCUT2D eigenvalue weighted by Gasteiger charge is 2.30. The second kappa shape index (κ2) is 9.30. The average Bonchev–Trinajstić information content (AvgIpc) is 3.05. The number of ether oxygens (including phenoxy) is 2. The van der Waals surface area contributed by atoms with Crippen LogP contribution in [-0.2, 0) is 4.79 Å². The number of hydrogen-bond donors (Lipinski definition) is 2. The summed E-state index contributed by atoms with van der Waals surface area (Å²) in [5.74, 6) is -0.167. The van der Waals surface area contributed by atoms with Gasteiger partial charge in [0, 0.05) is 11.6 Å². The van der Waals surface area contributed by atoms with E-state index in [0.29, 0.717) is 49.5 Å². The van der Waals surface area contributed by atoms with Crippen LogP contribution in [0.5, 0.6) is 11.5 Å². The first-order chi connectivity index (χ1) is 12.0. The normalized spacial score (nSPS) is 19.4. The quantitative estimate of drug-likeness (QED) is 0.669. The fourth-order valence-corrected chi connectivity index (χ4v) is 2.97. The Morgan fingerprint density at radius 2 is 2.00 bits per heavy atom. The molecule has 1 aromatic rings. The van der Waals surface area contributed by atoms with E-state index in [1.807, 2.05) is 6.92 Å². The van der Waals surface area contributed by atoms with Gasteiger partial charge in [0.1, 0.15) is 0 Å². The van der Waals surface area contributed by atoms with Gasteiger partial charge in [0.05, 0.1) is 19.1 Å². The summed E-state index contributed by atoms with van der Waals surface area (Å²) in [6, 6.07) is 5.06. The molecule has 0 saturated heterocycles. The second-order valence-electron chi connectivity index (χ2n) is 6.32. The molecule has 1 saturated carbocycles. The van der Waals surface area contributed by atoms with Gasteiger partial charge in [-0.1, -0.05) is 13.3 Å². The van der Waals surface area contributed by atoms with Crippen LogP contribution in [-0.4, -0.2) is 36.2 Å². The van der Waals surface area contributed by atoms with E-state index in [4.69, 9.17) is 14.6 Å². The Labute approximate surface area is 148 Å². The fourth-order valence-electron chi connectivity index (χ4n) is 2.97. The molecule has 1 amide bonds. The number of amides is 1. The maximum atomic E-state index is 12.5. The lowest BCUT2D eigenvalue weighted by Gasteiger charge is -2.15. The lowest BCUT2D eigenvalue weighted by molar-refractivity contribution is -0.141. The van der Waals surface area contributed by atoms with Gasteiger partial charge in [0.2, 0.25) is 0 Å². The first kappa shape index (κ1) is 19.1. The Balaban J connectivity index is 2.01. The molecule has 0 unspecified atom stereocenters. The minimum absolute atomic E-state index is 0.0929. The maximum Gasteiger partial charge on any atom is 0.306 e. The van der Waals surface area contributed by atoms with Crippen molar-refractivity contribution in [1.29, 1.82) is 0 Å². The topological polar surface area (TPSA) is 84.9 Å². The second-order valence-corrected chi connectivity index (χ2v) is 6.32. The predicted molar refractivity (Wildman–Crippen MR) is 94.2 cm³/mol. The molecule has 2 N–H and O–H groups in total. The molecule has 138 valence electrons. The fraction of sp³-hybridized carbons (Fsp3) is 0.579. The Bertz CT molecular complexity index is 601. The highest BCUT2D eigenvalue weighted by Crippen LogP contribution is 2.30. The van der Waals surface area contributed by atoms with Crippen LogP contribution in [0.2, 0.25) is 0 Å². The zero-order chi connectivity index (χ0) is 18.2. The smallest absolute Gasteiger partial charge is 0.306 e. The van der Waals surface area contributed by atoms with Crippen LogP contribution in [0.4, 0.5) is 0 Å². The number of hydrogen-bond acceptors (Lipinski definition) is 4. The number of carbonyl (C=O) groups is 2. The average molecular weight is 349 g/mol. The third-order valence-corrected chi connectivity index (χ3v) is 4.38. The highest BCUT2D eigenvalue weighted by atomic mass is 16.5. The molecule has 6 nitrogen and oxygen atoms in total. The van der Waals surface area contributed by atoms with Gasteiger partial charge in [-0.25, -0.2) is 0 Å². The van der Waals surface area contributed by atoms with Crippen molar-refractivity contribution in [1.82, 2.24) is 5.32 Å². The van der Waals surface area contributed by atoms with Crippen molar-refractivity contribution >= 4 is 11.9 Å². The molecule has 1 fully saturated rings. The molecule has 1 aliphatic rings. The molecule has 0 bridgehead atoms. The van der Waals surface area contributed by atoms with Crippen LogP contribution >= 0.6 is 0 Å². The molecule has 0 aromatic heterocycles. The van der Waals surface area contributed by atoms with Crippen molar-refractivity contribution in [2.24, 2.45) is 5.92 Å². The summed E-state index contributed by atoms with van der Waals surface area (Å²) in [4.78, 5) is 23.5. The molecular formula is C19H27NO5. The first-order valence-electron chi connectivity index (χ1n) is 8.98. The summed E-state index contributed by atoms with van der Waals surface area (Å²) < 4.78 is 11.3. The number of carbonyl (C=O) groups excluding carboxylic acids is 1. The van der Waals surface area contributed by atoms with E-state index in [1.165, 1.54) is 0 Å². The minimum atomic E-state index is -0.788. The maximum absolute atomic E-state index is 12.5. The lowest BCUT2D eigenvalue weighted by Crippen LogP contribution is -2.33. The summed E-state index contributed by atoms with van der Waals surface area (Å²) in [5, 5.41) is 12.0. The highest BCUT2D eigenvalue weighted by molar-refractivity contribution is 5.95. The molecule has 0 spiro atoms. The number of carboxylic acids is 1. The van der Waals surface area contributed by atoms with Crippen LogP contribution in [0, 0.1) is 5.92 Å². The van der Waals surface area contributed by atoms with Crippen LogP contribution in [0.25, 0.3) is 0 Å². The number of unbranched alkanes of at least 4 members (excludes halogenated alkanes) is 1. The molecule has 0 heterocycles. The van der Waals surface area contributed by atoms with Gasteiger partial charge in [-0.3, -0.25) is 9.59 Å². The Morgan fingerprint density at radius 1 is 1.20 bits per heavy atom. The molecule has 1 aromatic carbocycles. The van der Waals surface area contributed by atoms with Gasteiger partial charge in [0.15, 0.2) is 11.5 Å². The van der Waals surface area contributed by atoms with Crippen molar-refractivity contribution < 1.29 is 24.2 Å². The number of carboxylic acid groups (broad SMARTS) is 1. The Morgan fingerprint density at radius 3 is 2.64 bits per heavy atom. The molecule has 0 radical (unpaired) electrons. The molecule has 1 aliphatic carbocycles. The Kier molecular flexibility index (Phi) is 7.10. The molecular weight excluding hydrogens is 322 g/mol. The van der Waals surface area contributed by atoms with E-state index < -0.39 is 5.97 Å². The largest absolute Gasteiger partial charge is 0.490 e. The van der Waals surface area contributed by atoms with E-state index in [-0.39, 0.29) is 17.9 Å². The van der Waals surface area contributed by atoms with E-state index in [0.717, 1.165) is 12.8 Å². The van der Waals surface area contributed by atoms with Crippen molar-refractivity contribution in [3.05, 3.63) is 23.8 Å². The summed E-state index contributed by atoms with van der Waals surface area (Å²) in [5.41, 5.74) is 0.491. The van der Waals surface area contributed by atoms with Crippen LogP contribution in [0.15, 0.2) is 18.2 Å². The van der Waals surface area contributed by atoms with Gasteiger partial charge in [-0.15, -0.1) is 0 Å². The van der Waals surface area contributed by atoms with Crippen LogP contribution < -0.4 is 14.8 Å². The summed E-state index contributed by atoms with van der Waals surface area (Å²) >= 11 is 0. The number of rotatable bonds is 9.